The summed E-state index contributed by atoms with van der Waals surface area (Å²) in [5.41, 5.74) is 3.73. The summed E-state index contributed by atoms with van der Waals surface area (Å²) in [4.78, 5) is 16.8. The molecule has 0 aliphatic heterocycles. The van der Waals surface area contributed by atoms with Crippen LogP contribution in [0, 0.1) is 18.3 Å². The zero-order chi connectivity index (χ0) is 19.8. The summed E-state index contributed by atoms with van der Waals surface area (Å²) in [7, 11) is 0. The smallest absolute Gasteiger partial charge is 0.251 e. The Labute approximate surface area is 172 Å². The van der Waals surface area contributed by atoms with Gasteiger partial charge in [-0.1, -0.05) is 36.0 Å². The summed E-state index contributed by atoms with van der Waals surface area (Å²) < 4.78 is 6.33. The van der Waals surface area contributed by atoms with Crippen molar-refractivity contribution in [1.29, 1.82) is 5.26 Å². The molecule has 28 heavy (non-hydrogen) atoms. The first-order chi connectivity index (χ1) is 13.6. The lowest BCUT2D eigenvalue weighted by Gasteiger charge is -2.08. The molecular formula is C21H19N3O2S2. The van der Waals surface area contributed by atoms with E-state index < -0.39 is 0 Å². The van der Waals surface area contributed by atoms with Gasteiger partial charge < -0.3 is 10.1 Å². The first-order valence-electron chi connectivity index (χ1n) is 8.65. The number of hydrogen-bond donors (Lipinski definition) is 1. The minimum atomic E-state index is -0.127. The van der Waals surface area contributed by atoms with Crippen molar-refractivity contribution in [3.63, 3.8) is 0 Å². The second kappa shape index (κ2) is 9.93. The molecular weight excluding hydrogens is 390 g/mol. The molecule has 7 heteroatoms. The van der Waals surface area contributed by atoms with Gasteiger partial charge in [-0.05, 0) is 42.3 Å². The topological polar surface area (TPSA) is 75.0 Å². The predicted molar refractivity (Wildman–Crippen MR) is 112 cm³/mol. The number of nitrogens with zero attached hydrogens (tertiary/aromatic N) is 2. The predicted octanol–water partition coefficient (Wildman–Crippen LogP) is 4.58. The van der Waals surface area contributed by atoms with Crippen molar-refractivity contribution in [3.8, 4) is 11.8 Å². The number of hydrogen-bond acceptors (Lipinski definition) is 6. The molecule has 5 nitrogen and oxygen atoms in total. The molecule has 0 saturated carbocycles. The van der Waals surface area contributed by atoms with Crippen molar-refractivity contribution in [2.75, 3.05) is 6.61 Å². The van der Waals surface area contributed by atoms with Gasteiger partial charge in [0.05, 0.1) is 0 Å². The van der Waals surface area contributed by atoms with Crippen LogP contribution in [0.25, 0.3) is 0 Å². The zero-order valence-corrected chi connectivity index (χ0v) is 17.0. The Morgan fingerprint density at radius 2 is 2.07 bits per heavy atom. The SMILES string of the molecule is Cc1csc(SCc2ccc(C(=O)NCc3cccc(OCC#N)c3)cc2)n1. The van der Waals surface area contributed by atoms with Gasteiger partial charge in [0.25, 0.3) is 5.91 Å². The second-order valence-electron chi connectivity index (χ2n) is 6.02. The van der Waals surface area contributed by atoms with Crippen LogP contribution in [0.2, 0.25) is 0 Å². The van der Waals surface area contributed by atoms with Gasteiger partial charge in [-0.25, -0.2) is 4.98 Å². The summed E-state index contributed by atoms with van der Waals surface area (Å²) in [5.74, 6) is 1.31. The molecule has 0 spiro atoms. The summed E-state index contributed by atoms with van der Waals surface area (Å²) in [6.07, 6.45) is 0. The molecule has 2 aromatic carbocycles. The lowest BCUT2D eigenvalue weighted by atomic mass is 10.1. The Balaban J connectivity index is 1.51. The summed E-state index contributed by atoms with van der Waals surface area (Å²) in [6.45, 7) is 2.38. The minimum Gasteiger partial charge on any atom is -0.479 e. The van der Waals surface area contributed by atoms with E-state index in [1.54, 1.807) is 29.2 Å². The van der Waals surface area contributed by atoms with Gasteiger partial charge in [-0.15, -0.1) is 11.3 Å². The highest BCUT2D eigenvalue weighted by Gasteiger charge is 2.07. The number of aryl methyl sites for hydroxylation is 1. The average Bonchev–Trinajstić information content (AvgIpc) is 3.15. The molecule has 0 atom stereocenters. The second-order valence-corrected chi connectivity index (χ2v) is 8.10. The summed E-state index contributed by atoms with van der Waals surface area (Å²) in [5, 5.41) is 13.5. The van der Waals surface area contributed by atoms with E-state index in [-0.39, 0.29) is 12.5 Å². The zero-order valence-electron chi connectivity index (χ0n) is 15.3. The molecule has 0 unspecified atom stereocenters. The van der Waals surface area contributed by atoms with Crippen molar-refractivity contribution in [2.45, 2.75) is 23.6 Å². The van der Waals surface area contributed by atoms with Gasteiger partial charge in [0.1, 0.15) is 16.2 Å². The van der Waals surface area contributed by atoms with Crippen LogP contribution >= 0.6 is 23.1 Å². The molecule has 0 aliphatic carbocycles. The highest BCUT2D eigenvalue weighted by molar-refractivity contribution is 8.00. The van der Waals surface area contributed by atoms with Gasteiger partial charge >= 0.3 is 0 Å². The van der Waals surface area contributed by atoms with E-state index in [1.807, 2.05) is 60.8 Å². The van der Waals surface area contributed by atoms with Crippen LogP contribution in [-0.4, -0.2) is 17.5 Å². The van der Waals surface area contributed by atoms with E-state index in [0.29, 0.717) is 17.9 Å². The molecule has 0 aliphatic rings. The van der Waals surface area contributed by atoms with Crippen LogP contribution in [0.15, 0.2) is 58.3 Å². The number of carbonyl (C=O) groups is 1. The van der Waals surface area contributed by atoms with Crippen molar-refractivity contribution in [1.82, 2.24) is 10.3 Å². The third-order valence-corrected chi connectivity index (χ3v) is 6.04. The highest BCUT2D eigenvalue weighted by Crippen LogP contribution is 2.26. The number of nitriles is 1. The number of rotatable bonds is 8. The van der Waals surface area contributed by atoms with E-state index in [1.165, 1.54) is 0 Å². The van der Waals surface area contributed by atoms with Crippen LogP contribution in [0.5, 0.6) is 5.75 Å². The maximum atomic E-state index is 12.4. The number of carbonyl (C=O) groups excluding carboxylic acids is 1. The number of aromatic nitrogens is 1. The number of benzene rings is 2. The van der Waals surface area contributed by atoms with Gasteiger partial charge in [0.2, 0.25) is 0 Å². The Morgan fingerprint density at radius 1 is 1.25 bits per heavy atom. The van der Waals surface area contributed by atoms with E-state index in [4.69, 9.17) is 10.00 Å². The normalized spacial score (nSPS) is 10.3. The third kappa shape index (κ3) is 5.84. The molecule has 1 heterocycles. The van der Waals surface area contributed by atoms with Crippen LogP contribution < -0.4 is 10.1 Å². The minimum absolute atomic E-state index is 0.00258. The first kappa shape index (κ1) is 19.9. The third-order valence-electron chi connectivity index (χ3n) is 3.83. The number of thiazole rings is 1. The summed E-state index contributed by atoms with van der Waals surface area (Å²) >= 11 is 3.35. The maximum absolute atomic E-state index is 12.4. The Morgan fingerprint density at radius 3 is 2.79 bits per heavy atom. The average molecular weight is 410 g/mol. The largest absolute Gasteiger partial charge is 0.479 e. The Kier molecular flexibility index (Phi) is 7.06. The highest BCUT2D eigenvalue weighted by atomic mass is 32.2. The fraction of sp³-hybridized carbons (Fsp3) is 0.190. The maximum Gasteiger partial charge on any atom is 0.251 e. The van der Waals surface area contributed by atoms with Crippen molar-refractivity contribution in [3.05, 3.63) is 76.3 Å². The lowest BCUT2D eigenvalue weighted by molar-refractivity contribution is 0.0951. The fourth-order valence-electron chi connectivity index (χ4n) is 2.44. The van der Waals surface area contributed by atoms with Gasteiger partial charge in [-0.2, -0.15) is 5.26 Å². The molecule has 142 valence electrons. The van der Waals surface area contributed by atoms with Gasteiger partial charge in [0.15, 0.2) is 6.61 Å². The van der Waals surface area contributed by atoms with Crippen molar-refractivity contribution < 1.29 is 9.53 Å². The van der Waals surface area contributed by atoms with Crippen LogP contribution in [0.4, 0.5) is 0 Å². The monoisotopic (exact) mass is 409 g/mol. The lowest BCUT2D eigenvalue weighted by Crippen LogP contribution is -2.22. The summed E-state index contributed by atoms with van der Waals surface area (Å²) in [6, 6.07) is 16.9. The Hall–Kier alpha value is -2.82. The van der Waals surface area contributed by atoms with Crippen LogP contribution in [0.3, 0.4) is 0 Å². The van der Waals surface area contributed by atoms with Crippen LogP contribution in [0.1, 0.15) is 27.2 Å². The van der Waals surface area contributed by atoms with Crippen molar-refractivity contribution in [2.24, 2.45) is 0 Å². The van der Waals surface area contributed by atoms with Crippen LogP contribution in [-0.2, 0) is 12.3 Å². The molecule has 0 radical (unpaired) electrons. The molecule has 1 amide bonds. The standard InChI is InChI=1S/C21H19N3O2S2/c1-15-13-27-21(24-15)28-14-16-5-7-18(8-6-16)20(25)23-12-17-3-2-4-19(11-17)26-10-9-22/h2-8,11,13H,10,12,14H2,1H3,(H,23,25). The molecule has 1 N–H and O–H groups in total. The number of ether oxygens (including phenoxy) is 1. The van der Waals surface area contributed by atoms with Crippen molar-refractivity contribution >= 4 is 29.0 Å². The molecule has 3 rings (SSSR count). The van der Waals surface area contributed by atoms with E-state index in [2.05, 4.69) is 10.3 Å². The van der Waals surface area contributed by atoms with Gasteiger partial charge in [-0.3, -0.25) is 4.79 Å². The molecule has 0 saturated heterocycles. The number of amides is 1. The first-order valence-corrected chi connectivity index (χ1v) is 10.5. The van der Waals surface area contributed by atoms with Gasteiger partial charge in [0, 0.05) is 28.9 Å². The van der Waals surface area contributed by atoms with E-state index >= 15 is 0 Å². The molecule has 1 aromatic heterocycles. The van der Waals surface area contributed by atoms with E-state index in [0.717, 1.165) is 26.9 Å². The number of thioether (sulfide) groups is 1. The molecule has 3 aromatic rings. The molecule has 0 fully saturated rings. The quantitative estimate of drug-likeness (QED) is 0.551. The Bertz CT molecular complexity index is 978. The fourth-order valence-corrected chi connectivity index (χ4v) is 4.25. The molecule has 0 bridgehead atoms. The number of nitrogens with one attached hydrogen (secondary N) is 1. The van der Waals surface area contributed by atoms with E-state index in [9.17, 15) is 4.79 Å².